The second kappa shape index (κ2) is 9.13. The number of benzene rings is 1. The van der Waals surface area contributed by atoms with Gasteiger partial charge in [0, 0.05) is 37.6 Å². The lowest BCUT2D eigenvalue weighted by molar-refractivity contribution is -0.0514. The Morgan fingerprint density at radius 2 is 1.93 bits per heavy atom. The number of amides is 1. The van der Waals surface area contributed by atoms with Crippen LogP contribution in [0.4, 0.5) is 8.78 Å². The third-order valence-electron chi connectivity index (χ3n) is 3.98. The minimum absolute atomic E-state index is 0.0573. The molecule has 0 radical (unpaired) electrons. The number of carbonyl (C=O) groups excluding carboxylic acids is 1. The second-order valence-corrected chi connectivity index (χ2v) is 6.07. The van der Waals surface area contributed by atoms with E-state index in [0.717, 1.165) is 5.56 Å². The first-order valence-electron chi connectivity index (χ1n) is 8.81. The van der Waals surface area contributed by atoms with E-state index in [1.54, 1.807) is 56.7 Å². The summed E-state index contributed by atoms with van der Waals surface area (Å²) < 4.78 is 40.1. The van der Waals surface area contributed by atoms with Crippen molar-refractivity contribution < 1.29 is 27.6 Å². The van der Waals surface area contributed by atoms with Crippen molar-refractivity contribution in [3.63, 3.8) is 0 Å². The topological polar surface area (TPSA) is 77.7 Å². The highest BCUT2D eigenvalue weighted by molar-refractivity contribution is 5.92. The fourth-order valence-electron chi connectivity index (χ4n) is 2.68. The summed E-state index contributed by atoms with van der Waals surface area (Å²) in [5.41, 5.74) is 1.59. The predicted octanol–water partition coefficient (Wildman–Crippen LogP) is 4.01. The van der Waals surface area contributed by atoms with E-state index in [-0.39, 0.29) is 36.3 Å². The minimum Gasteiger partial charge on any atom is -0.490 e. The van der Waals surface area contributed by atoms with Crippen LogP contribution in [-0.2, 0) is 6.54 Å². The molecule has 1 amide bonds. The summed E-state index contributed by atoms with van der Waals surface area (Å²) in [6.45, 7) is -0.717. The van der Waals surface area contributed by atoms with Crippen LogP contribution in [0.25, 0.3) is 11.3 Å². The summed E-state index contributed by atoms with van der Waals surface area (Å²) in [7, 11) is 1.60. The van der Waals surface area contributed by atoms with Crippen LogP contribution in [0.2, 0.25) is 0 Å². The molecule has 9 heteroatoms. The molecule has 0 fully saturated rings. The number of pyridine rings is 1. The zero-order chi connectivity index (χ0) is 20.8. The summed E-state index contributed by atoms with van der Waals surface area (Å²) in [5, 5.41) is 3.83. The van der Waals surface area contributed by atoms with Gasteiger partial charge in [0.2, 0.25) is 0 Å². The van der Waals surface area contributed by atoms with Crippen molar-refractivity contribution in [1.29, 1.82) is 0 Å². The monoisotopic (exact) mass is 403 g/mol. The van der Waals surface area contributed by atoms with E-state index in [2.05, 4.69) is 14.9 Å². The lowest BCUT2D eigenvalue weighted by Crippen LogP contribution is -2.26. The smallest absolute Gasteiger partial charge is 0.387 e. The molecule has 0 saturated carbocycles. The van der Waals surface area contributed by atoms with E-state index >= 15 is 0 Å². The molecule has 0 spiro atoms. The average Bonchev–Trinajstić information content (AvgIpc) is 3.20. The number of aromatic nitrogens is 2. The summed E-state index contributed by atoms with van der Waals surface area (Å²) in [5.74, 6) is 0.238. The molecule has 0 saturated heterocycles. The van der Waals surface area contributed by atoms with E-state index in [1.165, 1.54) is 11.0 Å². The molecule has 0 aliphatic rings. The van der Waals surface area contributed by atoms with Gasteiger partial charge in [0.1, 0.15) is 0 Å². The van der Waals surface area contributed by atoms with Gasteiger partial charge < -0.3 is 18.9 Å². The SMILES string of the molecule is CCOc1cc(CN(C)C(=O)c2cc(-c3ccncc3)on2)ccc1OC(F)F. The van der Waals surface area contributed by atoms with Gasteiger partial charge in [-0.25, -0.2) is 0 Å². The van der Waals surface area contributed by atoms with Crippen LogP contribution in [0, 0.1) is 0 Å². The Bertz CT molecular complexity index is 963. The molecule has 1 aromatic carbocycles. The van der Waals surface area contributed by atoms with E-state index in [1.807, 2.05) is 0 Å². The van der Waals surface area contributed by atoms with E-state index in [9.17, 15) is 13.6 Å². The van der Waals surface area contributed by atoms with Crippen LogP contribution in [-0.4, -0.2) is 41.2 Å². The fraction of sp³-hybridized carbons (Fsp3) is 0.250. The van der Waals surface area contributed by atoms with Gasteiger partial charge in [-0.15, -0.1) is 0 Å². The average molecular weight is 403 g/mol. The van der Waals surface area contributed by atoms with Crippen LogP contribution in [0.3, 0.4) is 0 Å². The third kappa shape index (κ3) is 5.07. The maximum absolute atomic E-state index is 12.7. The van der Waals surface area contributed by atoms with E-state index in [4.69, 9.17) is 9.26 Å². The van der Waals surface area contributed by atoms with Crippen molar-refractivity contribution >= 4 is 5.91 Å². The van der Waals surface area contributed by atoms with Gasteiger partial charge >= 0.3 is 6.61 Å². The van der Waals surface area contributed by atoms with Gasteiger partial charge in [-0.1, -0.05) is 11.2 Å². The number of nitrogens with zero attached hydrogens (tertiary/aromatic N) is 3. The van der Waals surface area contributed by atoms with Crippen molar-refractivity contribution in [2.75, 3.05) is 13.7 Å². The van der Waals surface area contributed by atoms with Gasteiger partial charge in [-0.3, -0.25) is 9.78 Å². The maximum atomic E-state index is 12.7. The van der Waals surface area contributed by atoms with Crippen molar-refractivity contribution in [3.8, 4) is 22.8 Å². The van der Waals surface area contributed by atoms with Gasteiger partial charge in [0.25, 0.3) is 5.91 Å². The first kappa shape index (κ1) is 20.2. The molecular formula is C20H19F2N3O4. The van der Waals surface area contributed by atoms with Crippen LogP contribution in [0.5, 0.6) is 11.5 Å². The lowest BCUT2D eigenvalue weighted by Gasteiger charge is -2.17. The number of rotatable bonds is 8. The molecule has 0 unspecified atom stereocenters. The predicted molar refractivity (Wildman–Crippen MR) is 99.8 cm³/mol. The van der Waals surface area contributed by atoms with Crippen LogP contribution >= 0.6 is 0 Å². The molecule has 7 nitrogen and oxygen atoms in total. The fourth-order valence-corrected chi connectivity index (χ4v) is 2.68. The second-order valence-electron chi connectivity index (χ2n) is 6.07. The Kier molecular flexibility index (Phi) is 6.38. The van der Waals surface area contributed by atoms with Crippen LogP contribution in [0.1, 0.15) is 23.0 Å². The zero-order valence-corrected chi connectivity index (χ0v) is 15.8. The first-order chi connectivity index (χ1) is 14.0. The van der Waals surface area contributed by atoms with Crippen molar-refractivity contribution in [2.24, 2.45) is 0 Å². The van der Waals surface area contributed by atoms with Crippen LogP contribution in [0.15, 0.2) is 53.3 Å². The quantitative estimate of drug-likeness (QED) is 0.566. The standard InChI is InChI=1S/C20H19F2N3O4/c1-3-27-18-10-13(4-5-16(18)28-20(21)22)12-25(2)19(26)15-11-17(29-24-15)14-6-8-23-9-7-14/h4-11,20H,3,12H2,1-2H3. The molecule has 0 atom stereocenters. The number of halogens is 2. The molecule has 152 valence electrons. The lowest BCUT2D eigenvalue weighted by atomic mass is 10.1. The van der Waals surface area contributed by atoms with Gasteiger partial charge in [0.15, 0.2) is 23.0 Å². The number of ether oxygens (including phenoxy) is 2. The van der Waals surface area contributed by atoms with Crippen molar-refractivity contribution in [2.45, 2.75) is 20.1 Å². The highest BCUT2D eigenvalue weighted by atomic mass is 19.3. The van der Waals surface area contributed by atoms with Crippen molar-refractivity contribution in [1.82, 2.24) is 15.0 Å². The maximum Gasteiger partial charge on any atom is 0.387 e. The molecular weight excluding hydrogens is 384 g/mol. The molecule has 0 bridgehead atoms. The number of hydrogen-bond acceptors (Lipinski definition) is 6. The van der Waals surface area contributed by atoms with Gasteiger partial charge in [0.05, 0.1) is 6.61 Å². The molecule has 0 N–H and O–H groups in total. The summed E-state index contributed by atoms with van der Waals surface area (Å²) in [6, 6.07) is 9.60. The summed E-state index contributed by atoms with van der Waals surface area (Å²) in [6.07, 6.45) is 3.23. The van der Waals surface area contributed by atoms with E-state index in [0.29, 0.717) is 11.3 Å². The Morgan fingerprint density at radius 3 is 2.62 bits per heavy atom. The molecule has 0 aliphatic heterocycles. The van der Waals surface area contributed by atoms with E-state index < -0.39 is 6.61 Å². The molecule has 2 heterocycles. The Morgan fingerprint density at radius 1 is 1.17 bits per heavy atom. The number of alkyl halides is 2. The Balaban J connectivity index is 1.72. The molecule has 3 rings (SSSR count). The highest BCUT2D eigenvalue weighted by Gasteiger charge is 2.19. The van der Waals surface area contributed by atoms with Gasteiger partial charge in [-0.05, 0) is 36.8 Å². The highest BCUT2D eigenvalue weighted by Crippen LogP contribution is 2.30. The summed E-state index contributed by atoms with van der Waals surface area (Å²) in [4.78, 5) is 18.0. The van der Waals surface area contributed by atoms with Gasteiger partial charge in [-0.2, -0.15) is 8.78 Å². The van der Waals surface area contributed by atoms with Crippen LogP contribution < -0.4 is 9.47 Å². The molecule has 2 aromatic heterocycles. The normalized spacial score (nSPS) is 10.8. The third-order valence-corrected chi connectivity index (χ3v) is 3.98. The minimum atomic E-state index is -2.95. The number of hydrogen-bond donors (Lipinski definition) is 0. The molecule has 0 aliphatic carbocycles. The number of carbonyl (C=O) groups is 1. The molecule has 3 aromatic rings. The largest absolute Gasteiger partial charge is 0.490 e. The van der Waals surface area contributed by atoms with Crippen molar-refractivity contribution in [3.05, 3.63) is 60.0 Å². The summed E-state index contributed by atoms with van der Waals surface area (Å²) >= 11 is 0. The first-order valence-corrected chi connectivity index (χ1v) is 8.81. The Hall–Kier alpha value is -3.49. The Labute approximate surface area is 165 Å². The molecule has 29 heavy (non-hydrogen) atoms. The zero-order valence-electron chi connectivity index (χ0n) is 15.8.